The summed E-state index contributed by atoms with van der Waals surface area (Å²) < 4.78 is 0. The van der Waals surface area contributed by atoms with Crippen molar-refractivity contribution in [1.82, 2.24) is 9.97 Å². The van der Waals surface area contributed by atoms with Crippen LogP contribution in [0, 0.1) is 0 Å². The molecule has 15 heavy (non-hydrogen) atoms. The lowest BCUT2D eigenvalue weighted by Crippen LogP contribution is -2.20. The molecule has 0 unspecified atom stereocenters. The zero-order valence-corrected chi connectivity index (χ0v) is 8.13. The molecule has 0 fully saturated rings. The van der Waals surface area contributed by atoms with Crippen LogP contribution in [-0.2, 0) is 4.79 Å². The lowest BCUT2D eigenvalue weighted by Gasteiger charge is -2.08. The second kappa shape index (κ2) is 4.14. The first-order valence-electron chi connectivity index (χ1n) is 4.66. The minimum absolute atomic E-state index is 0.0843. The maximum atomic E-state index is 11.6. The molecule has 0 aromatic carbocycles. The maximum Gasteiger partial charge on any atom is 0.254 e. The molecule has 1 aromatic rings. The average Bonchev–Trinajstić information content (AvgIpc) is 2.61. The van der Waals surface area contributed by atoms with Gasteiger partial charge in [-0.05, 0) is 6.54 Å². The number of carbonyl (C=O) groups is 1. The van der Waals surface area contributed by atoms with Gasteiger partial charge in [0, 0.05) is 24.5 Å². The number of anilines is 1. The Morgan fingerprint density at radius 1 is 1.47 bits per heavy atom. The smallest absolute Gasteiger partial charge is 0.254 e. The molecule has 78 valence electrons. The Bertz CT molecular complexity index is 389. The van der Waals surface area contributed by atoms with Gasteiger partial charge < -0.3 is 5.73 Å². The summed E-state index contributed by atoms with van der Waals surface area (Å²) in [5.74, 6) is 0.369. The van der Waals surface area contributed by atoms with E-state index in [0.29, 0.717) is 25.2 Å². The number of hydrogen-bond donors (Lipinski definition) is 1. The fraction of sp³-hybridized carbons (Fsp3) is 0.333. The van der Waals surface area contributed by atoms with Crippen LogP contribution in [0.15, 0.2) is 23.7 Å². The molecule has 6 nitrogen and oxygen atoms in total. The fourth-order valence-corrected chi connectivity index (χ4v) is 1.37. The van der Waals surface area contributed by atoms with Gasteiger partial charge >= 0.3 is 0 Å². The number of nitrogens with zero attached hydrogens (tertiary/aromatic N) is 4. The van der Waals surface area contributed by atoms with Crippen LogP contribution in [-0.4, -0.2) is 28.1 Å². The van der Waals surface area contributed by atoms with Crippen LogP contribution < -0.4 is 10.7 Å². The third kappa shape index (κ3) is 1.99. The van der Waals surface area contributed by atoms with Crippen LogP contribution in [0.4, 0.5) is 5.82 Å². The van der Waals surface area contributed by atoms with Gasteiger partial charge in [-0.1, -0.05) is 0 Å². The molecule has 2 N–H and O–H groups in total. The van der Waals surface area contributed by atoms with Crippen molar-refractivity contribution in [2.75, 3.05) is 11.6 Å². The van der Waals surface area contributed by atoms with E-state index in [-0.39, 0.29) is 5.91 Å². The molecule has 1 aliphatic rings. The highest BCUT2D eigenvalue weighted by atomic mass is 16.2. The van der Waals surface area contributed by atoms with Gasteiger partial charge in [-0.2, -0.15) is 10.1 Å². The number of hydrogen-bond acceptors (Lipinski definition) is 5. The molecular formula is C9H11N5O. The summed E-state index contributed by atoms with van der Waals surface area (Å²) in [6, 6.07) is 0. The van der Waals surface area contributed by atoms with E-state index in [4.69, 9.17) is 5.73 Å². The predicted octanol–water partition coefficient (Wildman–Crippen LogP) is -0.0819. The number of hydrazone groups is 1. The molecule has 0 bridgehead atoms. The van der Waals surface area contributed by atoms with Crippen molar-refractivity contribution >= 4 is 17.4 Å². The Kier molecular flexibility index (Phi) is 2.68. The molecule has 6 heteroatoms. The first kappa shape index (κ1) is 9.72. The van der Waals surface area contributed by atoms with E-state index in [1.807, 2.05) is 0 Å². The molecule has 1 aliphatic heterocycles. The molecule has 1 amide bonds. The quantitative estimate of drug-likeness (QED) is 0.747. The summed E-state index contributed by atoms with van der Waals surface area (Å²) in [4.78, 5) is 19.5. The minimum Gasteiger partial charge on any atom is -0.330 e. The van der Waals surface area contributed by atoms with E-state index in [1.54, 1.807) is 6.20 Å². The largest absolute Gasteiger partial charge is 0.330 e. The highest BCUT2D eigenvalue weighted by Gasteiger charge is 2.25. The normalized spacial score (nSPS) is 15.7. The lowest BCUT2D eigenvalue weighted by atomic mass is 10.2. The van der Waals surface area contributed by atoms with Crippen LogP contribution in [0.2, 0.25) is 0 Å². The summed E-state index contributed by atoms with van der Waals surface area (Å²) in [6.07, 6.45) is 5.55. The van der Waals surface area contributed by atoms with Crippen LogP contribution in [0.5, 0.6) is 0 Å². The Morgan fingerprint density at radius 3 is 3.00 bits per heavy atom. The van der Waals surface area contributed by atoms with Gasteiger partial charge in [0.15, 0.2) is 5.82 Å². The van der Waals surface area contributed by atoms with Gasteiger partial charge in [0.05, 0.1) is 12.6 Å². The molecule has 1 aromatic heterocycles. The summed E-state index contributed by atoms with van der Waals surface area (Å²) in [7, 11) is 0. The average molecular weight is 205 g/mol. The van der Waals surface area contributed by atoms with E-state index in [1.165, 1.54) is 17.4 Å². The van der Waals surface area contributed by atoms with Crippen LogP contribution >= 0.6 is 0 Å². The molecule has 0 atom stereocenters. The third-order valence-electron chi connectivity index (χ3n) is 2.03. The van der Waals surface area contributed by atoms with Crippen molar-refractivity contribution in [2.45, 2.75) is 12.8 Å². The zero-order chi connectivity index (χ0) is 10.7. The van der Waals surface area contributed by atoms with Crippen molar-refractivity contribution in [1.29, 1.82) is 0 Å². The second-order valence-electron chi connectivity index (χ2n) is 3.15. The maximum absolute atomic E-state index is 11.6. The Labute approximate surface area is 86.8 Å². The summed E-state index contributed by atoms with van der Waals surface area (Å²) in [6.45, 7) is 0.500. The number of nitrogens with two attached hydrogens (primary N) is 1. The first-order valence-corrected chi connectivity index (χ1v) is 4.66. The second-order valence-corrected chi connectivity index (χ2v) is 3.15. The van der Waals surface area contributed by atoms with E-state index in [2.05, 4.69) is 15.1 Å². The van der Waals surface area contributed by atoms with Crippen molar-refractivity contribution < 1.29 is 4.79 Å². The fourth-order valence-electron chi connectivity index (χ4n) is 1.37. The molecule has 2 heterocycles. The summed E-state index contributed by atoms with van der Waals surface area (Å²) in [5, 5.41) is 5.42. The molecule has 0 radical (unpaired) electrons. The van der Waals surface area contributed by atoms with Crippen LogP contribution in [0.25, 0.3) is 0 Å². The topological polar surface area (TPSA) is 84.5 Å². The number of carbonyl (C=O) groups excluding carboxylic acids is 1. The number of amides is 1. The Morgan fingerprint density at radius 2 is 2.33 bits per heavy atom. The highest BCUT2D eigenvalue weighted by Crippen LogP contribution is 2.17. The summed E-state index contributed by atoms with van der Waals surface area (Å²) in [5.41, 5.74) is 6.20. The van der Waals surface area contributed by atoms with Crippen molar-refractivity contribution in [3.05, 3.63) is 18.6 Å². The van der Waals surface area contributed by atoms with Gasteiger partial charge in [0.2, 0.25) is 0 Å². The van der Waals surface area contributed by atoms with Crippen LogP contribution in [0.1, 0.15) is 12.8 Å². The monoisotopic (exact) mass is 205 g/mol. The molecule has 0 aliphatic carbocycles. The Hall–Kier alpha value is -1.82. The highest BCUT2D eigenvalue weighted by molar-refractivity contribution is 6.12. The number of rotatable bonds is 3. The Balaban J connectivity index is 2.20. The molecule has 0 saturated heterocycles. The van der Waals surface area contributed by atoms with Gasteiger partial charge in [0.25, 0.3) is 5.91 Å². The standard InChI is InChI=1S/C9H11N5O/c10-2-1-7-5-9(15)14(13-7)8-6-11-3-4-12-8/h3-4,6H,1-2,5,10H2. The van der Waals surface area contributed by atoms with Gasteiger partial charge in [-0.3, -0.25) is 9.78 Å². The van der Waals surface area contributed by atoms with Crippen LogP contribution in [0.3, 0.4) is 0 Å². The van der Waals surface area contributed by atoms with Crippen molar-refractivity contribution in [3.8, 4) is 0 Å². The SMILES string of the molecule is NCCC1=NN(c2cnccn2)C(=O)C1. The van der Waals surface area contributed by atoms with E-state index in [9.17, 15) is 4.79 Å². The number of aromatic nitrogens is 2. The molecular weight excluding hydrogens is 194 g/mol. The predicted molar refractivity (Wildman–Crippen MR) is 55.2 cm³/mol. The molecule has 0 spiro atoms. The lowest BCUT2D eigenvalue weighted by molar-refractivity contribution is -0.116. The summed E-state index contributed by atoms with van der Waals surface area (Å²) >= 11 is 0. The van der Waals surface area contributed by atoms with E-state index >= 15 is 0 Å². The van der Waals surface area contributed by atoms with Crippen molar-refractivity contribution in [2.24, 2.45) is 10.8 Å². The third-order valence-corrected chi connectivity index (χ3v) is 2.03. The first-order chi connectivity index (χ1) is 7.31. The van der Waals surface area contributed by atoms with Gasteiger partial charge in [-0.15, -0.1) is 0 Å². The van der Waals surface area contributed by atoms with Gasteiger partial charge in [0.1, 0.15) is 0 Å². The molecule has 0 saturated carbocycles. The molecule has 2 rings (SSSR count). The minimum atomic E-state index is -0.0843. The van der Waals surface area contributed by atoms with E-state index < -0.39 is 0 Å². The van der Waals surface area contributed by atoms with Gasteiger partial charge in [-0.25, -0.2) is 4.98 Å². The van der Waals surface area contributed by atoms with Crippen molar-refractivity contribution in [3.63, 3.8) is 0 Å². The van der Waals surface area contributed by atoms with E-state index in [0.717, 1.165) is 5.71 Å². The zero-order valence-electron chi connectivity index (χ0n) is 8.13.